The van der Waals surface area contributed by atoms with E-state index in [1.165, 1.54) is 33.6 Å². The highest BCUT2D eigenvalue weighted by molar-refractivity contribution is 7.28. The fraction of sp³-hybridized carbons (Fsp3) is 0.200. The normalized spacial score (nSPS) is 13.5. The van der Waals surface area contributed by atoms with E-state index in [4.69, 9.17) is 4.74 Å². The van der Waals surface area contributed by atoms with Crippen molar-refractivity contribution >= 4 is 50.0 Å². The van der Waals surface area contributed by atoms with E-state index < -0.39 is 17.5 Å². The number of aromatic nitrogens is 2. The van der Waals surface area contributed by atoms with Crippen molar-refractivity contribution < 1.29 is 19.4 Å². The maximum absolute atomic E-state index is 12.3. The second-order valence-electron chi connectivity index (χ2n) is 8.08. The van der Waals surface area contributed by atoms with Crippen LogP contribution in [0.5, 0.6) is 0 Å². The first-order chi connectivity index (χ1) is 16.9. The van der Waals surface area contributed by atoms with Gasteiger partial charge < -0.3 is 9.84 Å². The first-order valence-electron chi connectivity index (χ1n) is 10.6. The van der Waals surface area contributed by atoms with E-state index in [1.54, 1.807) is 7.05 Å². The van der Waals surface area contributed by atoms with Gasteiger partial charge in [0.15, 0.2) is 0 Å². The molecule has 1 aromatic carbocycles. The van der Waals surface area contributed by atoms with Crippen LogP contribution in [0.3, 0.4) is 0 Å². The topological polar surface area (TPSA) is 117 Å². The number of aliphatic carboxylic acids is 1. The first-order valence-corrected chi connectivity index (χ1v) is 12.3. The van der Waals surface area contributed by atoms with Crippen LogP contribution in [0.4, 0.5) is 10.6 Å². The number of carboxylic acid groups (broad SMARTS) is 1. The molecule has 1 saturated carbocycles. The van der Waals surface area contributed by atoms with Crippen molar-refractivity contribution in [2.24, 2.45) is 7.05 Å². The molecule has 0 radical (unpaired) electrons. The number of thiophene rings is 2. The lowest BCUT2D eigenvalue weighted by molar-refractivity contribution is -0.139. The van der Waals surface area contributed by atoms with Gasteiger partial charge in [-0.2, -0.15) is 10.4 Å². The zero-order valence-electron chi connectivity index (χ0n) is 18.5. The average molecular weight is 503 g/mol. The minimum atomic E-state index is -0.816. The third-order valence-corrected chi connectivity index (χ3v) is 8.33. The molecular formula is C25H18N4O4S2. The molecule has 10 heteroatoms. The molecule has 0 aliphatic heterocycles. The number of carbonyl (C=O) groups is 2. The summed E-state index contributed by atoms with van der Waals surface area (Å²) in [6, 6.07) is 13.4. The number of nitrogens with zero attached hydrogens (tertiary/aromatic N) is 3. The third kappa shape index (κ3) is 4.26. The first kappa shape index (κ1) is 22.7. The maximum atomic E-state index is 12.3. The van der Waals surface area contributed by atoms with Crippen molar-refractivity contribution in [2.75, 3.05) is 5.32 Å². The van der Waals surface area contributed by atoms with E-state index in [0.29, 0.717) is 34.7 Å². The molecule has 5 rings (SSSR count). The summed E-state index contributed by atoms with van der Waals surface area (Å²) in [5, 5.41) is 26.2. The number of ether oxygens (including phenoxy) is 1. The quantitative estimate of drug-likeness (QED) is 0.378. The number of nitrogens with one attached hydrogen (secondary N) is 1. The van der Waals surface area contributed by atoms with Crippen molar-refractivity contribution in [1.82, 2.24) is 9.78 Å². The molecule has 1 amide bonds. The summed E-state index contributed by atoms with van der Waals surface area (Å²) in [6.45, 7) is 0.133. The molecule has 35 heavy (non-hydrogen) atoms. The monoisotopic (exact) mass is 502 g/mol. The lowest BCUT2D eigenvalue weighted by Gasteiger charge is -2.07. The molecule has 0 unspecified atom stereocenters. The Hall–Kier alpha value is -4.12. The molecule has 0 saturated heterocycles. The fourth-order valence-electron chi connectivity index (χ4n) is 3.66. The van der Waals surface area contributed by atoms with Crippen molar-refractivity contribution in [3.63, 3.8) is 0 Å². The predicted molar refractivity (Wildman–Crippen MR) is 132 cm³/mol. The average Bonchev–Trinajstić information content (AvgIpc) is 3.32. The smallest absolute Gasteiger partial charge is 0.413 e. The Labute approximate surface area is 208 Å². The van der Waals surface area contributed by atoms with Gasteiger partial charge in [-0.15, -0.1) is 22.7 Å². The van der Waals surface area contributed by atoms with Crippen LogP contribution in [0.2, 0.25) is 0 Å². The minimum absolute atomic E-state index is 0.133. The van der Waals surface area contributed by atoms with Crippen LogP contribution in [0.25, 0.3) is 9.40 Å². The largest absolute Gasteiger partial charge is 0.481 e. The number of carbonyl (C=O) groups excluding carboxylic acids is 1. The second kappa shape index (κ2) is 8.91. The van der Waals surface area contributed by atoms with Gasteiger partial charge in [-0.1, -0.05) is 36.3 Å². The van der Waals surface area contributed by atoms with Crippen LogP contribution < -0.4 is 5.32 Å². The van der Waals surface area contributed by atoms with Crippen LogP contribution in [0.15, 0.2) is 42.6 Å². The summed E-state index contributed by atoms with van der Waals surface area (Å²) in [5.41, 5.74) is 0.991. The van der Waals surface area contributed by atoms with Gasteiger partial charge in [-0.25, -0.2) is 4.79 Å². The number of fused-ring (bicyclic) bond motifs is 1. The highest BCUT2D eigenvalue weighted by Crippen LogP contribution is 2.53. The predicted octanol–water partition coefficient (Wildman–Crippen LogP) is 4.83. The molecule has 8 nitrogen and oxygen atoms in total. The highest BCUT2D eigenvalue weighted by atomic mass is 32.1. The number of aryl methyl sites for hydroxylation is 1. The summed E-state index contributed by atoms with van der Waals surface area (Å²) < 4.78 is 8.38. The Bertz CT molecular complexity index is 1560. The van der Waals surface area contributed by atoms with E-state index in [-0.39, 0.29) is 6.61 Å². The molecule has 1 aliphatic carbocycles. The van der Waals surface area contributed by atoms with E-state index in [0.717, 1.165) is 19.8 Å². The number of rotatable bonds is 5. The summed E-state index contributed by atoms with van der Waals surface area (Å²) in [5.74, 6) is 5.59. The Morgan fingerprint density at radius 1 is 1.26 bits per heavy atom. The van der Waals surface area contributed by atoms with Crippen molar-refractivity contribution in [3.8, 4) is 17.9 Å². The number of hydrogen-bond acceptors (Lipinski definition) is 7. The van der Waals surface area contributed by atoms with E-state index in [2.05, 4.69) is 28.3 Å². The Kier molecular flexibility index (Phi) is 5.77. The van der Waals surface area contributed by atoms with Gasteiger partial charge in [-0.05, 0) is 30.4 Å². The molecule has 174 valence electrons. The molecule has 0 spiro atoms. The molecule has 3 heterocycles. The number of nitriles is 1. The van der Waals surface area contributed by atoms with Crippen molar-refractivity contribution in [3.05, 3.63) is 69.0 Å². The molecule has 0 atom stereocenters. The lowest BCUT2D eigenvalue weighted by Crippen LogP contribution is -2.17. The fourth-order valence-corrected chi connectivity index (χ4v) is 6.29. The number of amides is 1. The molecule has 3 aromatic heterocycles. The number of carboxylic acids is 1. The maximum Gasteiger partial charge on any atom is 0.413 e. The second-order valence-corrected chi connectivity index (χ2v) is 10.2. The van der Waals surface area contributed by atoms with Gasteiger partial charge in [-0.3, -0.25) is 14.8 Å². The molecule has 0 bridgehead atoms. The number of benzene rings is 1. The molecule has 4 aromatic rings. The highest BCUT2D eigenvalue weighted by Gasteiger charge is 2.53. The third-order valence-electron chi connectivity index (χ3n) is 5.79. The van der Waals surface area contributed by atoms with Crippen molar-refractivity contribution in [1.29, 1.82) is 5.26 Å². The standard InChI is InChI=1S/C25H18N4O4S2/c1-29-22(28-24(32)33-14-15-5-3-2-4-6-15)16(13-27-29)7-8-18-17(12-26)21-19(34-18)11-20(35-21)25(9-10-25)23(30)31/h2-6,11,13H,9-10,14H2,1H3,(H,28,32)(H,30,31). The van der Waals surface area contributed by atoms with Crippen LogP contribution in [0, 0.1) is 23.2 Å². The van der Waals surface area contributed by atoms with Gasteiger partial charge >= 0.3 is 12.1 Å². The van der Waals surface area contributed by atoms with Gasteiger partial charge in [0.1, 0.15) is 23.9 Å². The van der Waals surface area contributed by atoms with E-state index in [1.807, 2.05) is 36.4 Å². The Morgan fingerprint density at radius 3 is 2.71 bits per heavy atom. The Morgan fingerprint density at radius 2 is 2.03 bits per heavy atom. The summed E-state index contributed by atoms with van der Waals surface area (Å²) in [4.78, 5) is 25.3. The lowest BCUT2D eigenvalue weighted by atomic mass is 10.1. The number of hydrogen-bond donors (Lipinski definition) is 2. The molecule has 1 fully saturated rings. The van der Waals surface area contributed by atoms with Gasteiger partial charge in [0.2, 0.25) is 0 Å². The van der Waals surface area contributed by atoms with Crippen LogP contribution in [0.1, 0.15) is 39.3 Å². The summed E-state index contributed by atoms with van der Waals surface area (Å²) >= 11 is 2.72. The molecule has 2 N–H and O–H groups in total. The van der Waals surface area contributed by atoms with Crippen LogP contribution in [-0.2, 0) is 28.6 Å². The summed E-state index contributed by atoms with van der Waals surface area (Å²) in [6.07, 6.45) is 2.14. The van der Waals surface area contributed by atoms with Crippen LogP contribution in [-0.4, -0.2) is 26.9 Å². The zero-order valence-corrected chi connectivity index (χ0v) is 20.1. The number of anilines is 1. The molecular weight excluding hydrogens is 484 g/mol. The summed E-state index contributed by atoms with van der Waals surface area (Å²) in [7, 11) is 1.68. The SMILES string of the molecule is Cn1ncc(C#Cc2sc3cc(C4(C(=O)O)CC4)sc3c2C#N)c1NC(=O)OCc1ccccc1. The van der Waals surface area contributed by atoms with Crippen LogP contribution >= 0.6 is 22.7 Å². The minimum Gasteiger partial charge on any atom is -0.481 e. The van der Waals surface area contributed by atoms with Gasteiger partial charge in [0.05, 0.1) is 26.9 Å². The Balaban J connectivity index is 1.36. The van der Waals surface area contributed by atoms with Gasteiger partial charge in [0.25, 0.3) is 0 Å². The van der Waals surface area contributed by atoms with E-state index >= 15 is 0 Å². The van der Waals surface area contributed by atoms with Crippen molar-refractivity contribution in [2.45, 2.75) is 24.9 Å². The zero-order chi connectivity index (χ0) is 24.6. The molecule has 1 aliphatic rings. The van der Waals surface area contributed by atoms with E-state index in [9.17, 15) is 20.0 Å². The van der Waals surface area contributed by atoms with Gasteiger partial charge in [0, 0.05) is 16.6 Å².